The number of nitrogens with zero attached hydrogens (tertiary/aromatic N) is 3. The Hall–Kier alpha value is -4.43. The van der Waals surface area contributed by atoms with Crippen molar-refractivity contribution in [3.63, 3.8) is 0 Å². The first-order valence-electron chi connectivity index (χ1n) is 13.1. The zero-order valence-corrected chi connectivity index (χ0v) is 22.7. The normalized spacial score (nSPS) is 11.4. The predicted octanol–water partition coefficient (Wildman–Crippen LogP) is 4.56. The van der Waals surface area contributed by atoms with Crippen LogP contribution in [0.2, 0.25) is 0 Å². The second-order valence-corrected chi connectivity index (χ2v) is 10.2. The van der Waals surface area contributed by atoms with Gasteiger partial charge in [-0.3, -0.25) is 13.9 Å². The molecule has 39 heavy (non-hydrogen) atoms. The Morgan fingerprint density at radius 2 is 1.67 bits per heavy atom. The molecule has 0 unspecified atom stereocenters. The van der Waals surface area contributed by atoms with Crippen LogP contribution in [-0.4, -0.2) is 20.7 Å². The number of aryl methyl sites for hydroxylation is 1. The molecule has 0 bridgehead atoms. The van der Waals surface area contributed by atoms with Gasteiger partial charge in [0.15, 0.2) is 5.65 Å². The van der Waals surface area contributed by atoms with Crippen molar-refractivity contribution in [2.24, 2.45) is 25.7 Å². The molecular weight excluding hydrogens is 490 g/mol. The van der Waals surface area contributed by atoms with E-state index in [1.807, 2.05) is 36.4 Å². The number of ether oxygens (including phenoxy) is 1. The summed E-state index contributed by atoms with van der Waals surface area (Å²) in [6, 6.07) is 22.1. The SMILES string of the molecule is CC(C)COc1ccccc1-c1c(CN)c(NCc2ccc3ccccc3c2)nc2c1c(=O)n(C)c(=O)n2C. The van der Waals surface area contributed by atoms with Crippen LogP contribution in [0.3, 0.4) is 0 Å². The summed E-state index contributed by atoms with van der Waals surface area (Å²) < 4.78 is 8.68. The average molecular weight is 524 g/mol. The Bertz CT molecular complexity index is 1800. The number of hydrogen-bond donors (Lipinski definition) is 2. The number of para-hydroxylation sites is 1. The van der Waals surface area contributed by atoms with Crippen molar-refractivity contribution in [1.29, 1.82) is 0 Å². The van der Waals surface area contributed by atoms with Gasteiger partial charge >= 0.3 is 5.69 Å². The van der Waals surface area contributed by atoms with Crippen LogP contribution >= 0.6 is 0 Å². The summed E-state index contributed by atoms with van der Waals surface area (Å²) in [5, 5.41) is 6.08. The number of hydrogen-bond acceptors (Lipinski definition) is 6. The second-order valence-electron chi connectivity index (χ2n) is 10.2. The van der Waals surface area contributed by atoms with Crippen molar-refractivity contribution in [3.05, 3.63) is 98.7 Å². The van der Waals surface area contributed by atoms with Gasteiger partial charge in [0.05, 0.1) is 12.0 Å². The summed E-state index contributed by atoms with van der Waals surface area (Å²) in [5.41, 5.74) is 8.87. The summed E-state index contributed by atoms with van der Waals surface area (Å²) in [4.78, 5) is 31.2. The summed E-state index contributed by atoms with van der Waals surface area (Å²) in [5.74, 6) is 1.48. The molecule has 2 heterocycles. The molecule has 0 saturated carbocycles. The van der Waals surface area contributed by atoms with E-state index in [0.29, 0.717) is 47.2 Å². The van der Waals surface area contributed by atoms with Gasteiger partial charge in [0.2, 0.25) is 0 Å². The number of fused-ring (bicyclic) bond motifs is 2. The van der Waals surface area contributed by atoms with Gasteiger partial charge in [-0.25, -0.2) is 9.78 Å². The summed E-state index contributed by atoms with van der Waals surface area (Å²) in [7, 11) is 3.10. The van der Waals surface area contributed by atoms with Gasteiger partial charge in [-0.15, -0.1) is 0 Å². The first-order chi connectivity index (χ1) is 18.8. The standard InChI is InChI=1S/C31H33N5O3/c1-19(2)18-39-25-12-8-7-11-23(25)26-24(16-32)28(34-29-27(26)30(37)36(4)31(38)35(29)3)33-17-20-13-14-21-9-5-6-10-22(21)15-20/h5-15,19H,16-18,32H2,1-4H3,(H,33,34). The van der Waals surface area contributed by atoms with Crippen LogP contribution < -0.4 is 27.0 Å². The third kappa shape index (κ3) is 4.91. The van der Waals surface area contributed by atoms with Crippen LogP contribution in [0.5, 0.6) is 5.75 Å². The molecule has 2 aromatic heterocycles. The van der Waals surface area contributed by atoms with Crippen LogP contribution in [0.25, 0.3) is 32.9 Å². The van der Waals surface area contributed by atoms with Crippen molar-refractivity contribution in [2.75, 3.05) is 11.9 Å². The Balaban J connectivity index is 1.72. The Morgan fingerprint density at radius 1 is 0.949 bits per heavy atom. The molecule has 8 heteroatoms. The molecule has 3 aromatic carbocycles. The lowest BCUT2D eigenvalue weighted by molar-refractivity contribution is 0.272. The van der Waals surface area contributed by atoms with E-state index in [1.54, 1.807) is 7.05 Å². The van der Waals surface area contributed by atoms with Crippen molar-refractivity contribution >= 4 is 27.6 Å². The Kier molecular flexibility index (Phi) is 7.21. The van der Waals surface area contributed by atoms with E-state index in [2.05, 4.69) is 49.5 Å². The molecule has 0 fully saturated rings. The van der Waals surface area contributed by atoms with Crippen molar-refractivity contribution in [3.8, 4) is 16.9 Å². The highest BCUT2D eigenvalue weighted by atomic mass is 16.5. The maximum Gasteiger partial charge on any atom is 0.332 e. The van der Waals surface area contributed by atoms with E-state index < -0.39 is 11.2 Å². The molecule has 5 aromatic rings. The van der Waals surface area contributed by atoms with Crippen LogP contribution in [0.1, 0.15) is 25.0 Å². The van der Waals surface area contributed by atoms with E-state index in [0.717, 1.165) is 21.1 Å². The topological polar surface area (TPSA) is 104 Å². The first kappa shape index (κ1) is 26.2. The number of nitrogens with one attached hydrogen (secondary N) is 1. The van der Waals surface area contributed by atoms with Crippen LogP contribution in [-0.2, 0) is 27.2 Å². The third-order valence-electron chi connectivity index (χ3n) is 6.90. The third-order valence-corrected chi connectivity index (χ3v) is 6.90. The molecule has 3 N–H and O–H groups in total. The molecule has 0 spiro atoms. The van der Waals surface area contributed by atoms with E-state index in [9.17, 15) is 9.59 Å². The molecule has 0 aliphatic rings. The Morgan fingerprint density at radius 3 is 2.41 bits per heavy atom. The summed E-state index contributed by atoms with van der Waals surface area (Å²) in [6.07, 6.45) is 0. The lowest BCUT2D eigenvalue weighted by Gasteiger charge is -2.21. The highest BCUT2D eigenvalue weighted by molar-refractivity contribution is 5.98. The van der Waals surface area contributed by atoms with Gasteiger partial charge in [0, 0.05) is 43.9 Å². The molecule has 0 atom stereocenters. The molecule has 0 aliphatic heterocycles. The number of rotatable bonds is 8. The van der Waals surface area contributed by atoms with Gasteiger partial charge in [-0.05, 0) is 34.4 Å². The molecule has 8 nitrogen and oxygen atoms in total. The van der Waals surface area contributed by atoms with E-state index in [-0.39, 0.29) is 12.2 Å². The largest absolute Gasteiger partial charge is 0.493 e. The maximum atomic E-state index is 13.6. The zero-order valence-electron chi connectivity index (χ0n) is 22.7. The van der Waals surface area contributed by atoms with E-state index >= 15 is 0 Å². The Labute approximate surface area is 226 Å². The number of anilines is 1. The fraction of sp³-hybridized carbons (Fsp3) is 0.258. The number of nitrogens with two attached hydrogens (primary N) is 1. The van der Waals surface area contributed by atoms with Gasteiger partial charge < -0.3 is 15.8 Å². The fourth-order valence-electron chi connectivity index (χ4n) is 4.86. The monoisotopic (exact) mass is 523 g/mol. The molecule has 200 valence electrons. The minimum Gasteiger partial charge on any atom is -0.493 e. The summed E-state index contributed by atoms with van der Waals surface area (Å²) >= 11 is 0. The molecular formula is C31H33N5O3. The van der Waals surface area contributed by atoms with Crippen LogP contribution in [0.4, 0.5) is 5.82 Å². The predicted molar refractivity (Wildman–Crippen MR) is 157 cm³/mol. The highest BCUT2D eigenvalue weighted by Gasteiger charge is 2.24. The molecule has 0 amide bonds. The maximum absolute atomic E-state index is 13.6. The summed E-state index contributed by atoms with van der Waals surface area (Å²) in [6.45, 7) is 5.29. The minimum absolute atomic E-state index is 0.128. The number of pyridine rings is 1. The lowest BCUT2D eigenvalue weighted by Crippen LogP contribution is -2.38. The van der Waals surface area contributed by atoms with Crippen molar-refractivity contribution in [2.45, 2.75) is 26.9 Å². The van der Waals surface area contributed by atoms with Crippen molar-refractivity contribution in [1.82, 2.24) is 14.1 Å². The van der Waals surface area contributed by atoms with Gasteiger partial charge in [-0.1, -0.05) is 68.4 Å². The molecule has 5 rings (SSSR count). The minimum atomic E-state index is -0.448. The second kappa shape index (κ2) is 10.7. The fourth-order valence-corrected chi connectivity index (χ4v) is 4.86. The number of aromatic nitrogens is 3. The lowest BCUT2D eigenvalue weighted by atomic mass is 9.96. The quantitative estimate of drug-likeness (QED) is 0.309. The zero-order chi connectivity index (χ0) is 27.7. The molecule has 0 aliphatic carbocycles. The van der Waals surface area contributed by atoms with Gasteiger partial charge in [0.25, 0.3) is 5.56 Å². The van der Waals surface area contributed by atoms with Gasteiger partial charge in [0.1, 0.15) is 11.6 Å². The first-order valence-corrected chi connectivity index (χ1v) is 13.1. The highest BCUT2D eigenvalue weighted by Crippen LogP contribution is 2.38. The van der Waals surface area contributed by atoms with E-state index in [1.165, 1.54) is 17.0 Å². The van der Waals surface area contributed by atoms with Crippen LogP contribution in [0, 0.1) is 5.92 Å². The van der Waals surface area contributed by atoms with E-state index in [4.69, 9.17) is 15.5 Å². The molecule has 0 radical (unpaired) electrons. The smallest absolute Gasteiger partial charge is 0.332 e. The molecule has 0 saturated heterocycles. The number of benzene rings is 3. The average Bonchev–Trinajstić information content (AvgIpc) is 2.95. The van der Waals surface area contributed by atoms with Gasteiger partial charge in [-0.2, -0.15) is 0 Å². The van der Waals surface area contributed by atoms with Crippen LogP contribution in [0.15, 0.2) is 76.3 Å². The van der Waals surface area contributed by atoms with Crippen molar-refractivity contribution < 1.29 is 4.74 Å².